The van der Waals surface area contributed by atoms with E-state index < -0.39 is 4.92 Å². The Morgan fingerprint density at radius 2 is 2.25 bits per heavy atom. The lowest BCUT2D eigenvalue weighted by molar-refractivity contribution is -0.385. The molecule has 0 bridgehead atoms. The molecule has 0 saturated carbocycles. The minimum Gasteiger partial charge on any atom is -0.356 e. The van der Waals surface area contributed by atoms with E-state index in [4.69, 9.17) is 0 Å². The molecule has 1 unspecified atom stereocenters. The maximum Gasteiger partial charge on any atom is 0.273 e. The highest BCUT2D eigenvalue weighted by Gasteiger charge is 2.16. The second kappa shape index (κ2) is 7.00. The summed E-state index contributed by atoms with van der Waals surface area (Å²) in [5.41, 5.74) is 0.458. The van der Waals surface area contributed by atoms with Gasteiger partial charge in [-0.1, -0.05) is 18.2 Å². The van der Waals surface area contributed by atoms with Crippen molar-refractivity contribution in [2.45, 2.75) is 19.3 Å². The van der Waals surface area contributed by atoms with E-state index >= 15 is 0 Å². The summed E-state index contributed by atoms with van der Waals surface area (Å²) < 4.78 is 0. The van der Waals surface area contributed by atoms with E-state index in [1.807, 2.05) is 0 Å². The monoisotopic (exact) mass is 277 g/mol. The molecule has 1 aliphatic rings. The van der Waals surface area contributed by atoms with Crippen LogP contribution in [0.5, 0.6) is 0 Å². The van der Waals surface area contributed by atoms with Crippen molar-refractivity contribution in [3.63, 3.8) is 0 Å². The summed E-state index contributed by atoms with van der Waals surface area (Å²) in [7, 11) is 0. The van der Waals surface area contributed by atoms with E-state index in [0.717, 1.165) is 25.9 Å². The third-order valence-corrected chi connectivity index (χ3v) is 3.58. The maximum absolute atomic E-state index is 11.8. The molecule has 108 valence electrons. The van der Waals surface area contributed by atoms with Crippen LogP contribution >= 0.6 is 0 Å². The molecule has 0 spiro atoms. The number of benzene rings is 1. The van der Waals surface area contributed by atoms with Gasteiger partial charge in [0.1, 0.15) is 0 Å². The van der Waals surface area contributed by atoms with E-state index in [9.17, 15) is 14.9 Å². The summed E-state index contributed by atoms with van der Waals surface area (Å²) >= 11 is 0. The molecule has 20 heavy (non-hydrogen) atoms. The molecule has 1 fully saturated rings. The summed E-state index contributed by atoms with van der Waals surface area (Å²) in [6.45, 7) is 2.70. The fraction of sp³-hybridized carbons (Fsp3) is 0.500. The number of nitro groups is 1. The van der Waals surface area contributed by atoms with Crippen LogP contribution in [0.2, 0.25) is 0 Å². The molecular formula is C14H19N3O3. The molecule has 0 aromatic heterocycles. The number of nitrogens with one attached hydrogen (secondary N) is 2. The first-order chi connectivity index (χ1) is 9.66. The van der Waals surface area contributed by atoms with Gasteiger partial charge in [-0.2, -0.15) is 0 Å². The van der Waals surface area contributed by atoms with Crippen LogP contribution in [0.15, 0.2) is 24.3 Å². The van der Waals surface area contributed by atoms with Crippen LogP contribution in [0.4, 0.5) is 5.69 Å². The van der Waals surface area contributed by atoms with E-state index in [2.05, 4.69) is 10.6 Å². The second-order valence-electron chi connectivity index (χ2n) is 5.06. The number of nitrogens with zero attached hydrogens (tertiary/aromatic N) is 1. The maximum atomic E-state index is 11.8. The first-order valence-corrected chi connectivity index (χ1v) is 6.86. The Morgan fingerprint density at radius 1 is 1.45 bits per heavy atom. The minimum absolute atomic E-state index is 0.00245. The number of rotatable bonds is 6. The average Bonchev–Trinajstić information content (AvgIpc) is 2.92. The number of hydrogen-bond donors (Lipinski definition) is 2. The third kappa shape index (κ3) is 4.03. The lowest BCUT2D eigenvalue weighted by Gasteiger charge is -2.09. The van der Waals surface area contributed by atoms with Crippen LogP contribution in [0.3, 0.4) is 0 Å². The van der Waals surface area contributed by atoms with Crippen molar-refractivity contribution in [2.75, 3.05) is 19.6 Å². The van der Waals surface area contributed by atoms with Crippen molar-refractivity contribution < 1.29 is 9.72 Å². The molecule has 2 N–H and O–H groups in total. The third-order valence-electron chi connectivity index (χ3n) is 3.58. The summed E-state index contributed by atoms with van der Waals surface area (Å²) in [5, 5.41) is 17.0. The van der Waals surface area contributed by atoms with Gasteiger partial charge in [-0.25, -0.2) is 0 Å². The van der Waals surface area contributed by atoms with Gasteiger partial charge in [0.05, 0.1) is 11.3 Å². The zero-order valence-electron chi connectivity index (χ0n) is 11.3. The van der Waals surface area contributed by atoms with Crippen molar-refractivity contribution in [3.05, 3.63) is 39.9 Å². The van der Waals surface area contributed by atoms with Gasteiger partial charge in [0.2, 0.25) is 5.91 Å². The van der Waals surface area contributed by atoms with Gasteiger partial charge >= 0.3 is 0 Å². The van der Waals surface area contributed by atoms with Gasteiger partial charge in [-0.3, -0.25) is 14.9 Å². The number of para-hydroxylation sites is 1. The number of nitro benzene ring substituents is 1. The van der Waals surface area contributed by atoms with E-state index in [1.165, 1.54) is 6.07 Å². The van der Waals surface area contributed by atoms with Crippen LogP contribution < -0.4 is 10.6 Å². The Morgan fingerprint density at radius 3 is 2.95 bits per heavy atom. The molecular weight excluding hydrogens is 258 g/mol. The molecule has 1 aromatic carbocycles. The van der Waals surface area contributed by atoms with E-state index in [-0.39, 0.29) is 18.0 Å². The molecule has 0 aliphatic carbocycles. The fourth-order valence-corrected chi connectivity index (χ4v) is 2.45. The Labute approximate surface area is 117 Å². The molecule has 6 heteroatoms. The Balaban J connectivity index is 1.80. The van der Waals surface area contributed by atoms with Crippen LogP contribution in [-0.2, 0) is 11.2 Å². The molecule has 1 amide bonds. The normalized spacial score (nSPS) is 17.9. The molecule has 1 atom stereocenters. The van der Waals surface area contributed by atoms with Crippen LogP contribution in [-0.4, -0.2) is 30.5 Å². The highest BCUT2D eigenvalue weighted by Crippen LogP contribution is 2.18. The Bertz CT molecular complexity index is 484. The highest BCUT2D eigenvalue weighted by molar-refractivity contribution is 5.79. The van der Waals surface area contributed by atoms with Crippen LogP contribution in [0.25, 0.3) is 0 Å². The molecule has 1 heterocycles. The molecule has 1 aromatic rings. The Kier molecular flexibility index (Phi) is 5.06. The van der Waals surface area contributed by atoms with Crippen molar-refractivity contribution in [1.29, 1.82) is 0 Å². The standard InChI is InChI=1S/C14H19N3O3/c18-14(16-8-6-11-5-7-15-10-11)9-12-3-1-2-4-13(12)17(19)20/h1-4,11,15H,5-10H2,(H,16,18). The van der Waals surface area contributed by atoms with Gasteiger partial charge < -0.3 is 10.6 Å². The Hall–Kier alpha value is -1.95. The highest BCUT2D eigenvalue weighted by atomic mass is 16.6. The topological polar surface area (TPSA) is 84.3 Å². The smallest absolute Gasteiger partial charge is 0.273 e. The first-order valence-electron chi connectivity index (χ1n) is 6.86. The molecule has 0 radical (unpaired) electrons. The van der Waals surface area contributed by atoms with E-state index in [0.29, 0.717) is 18.0 Å². The average molecular weight is 277 g/mol. The minimum atomic E-state index is -0.452. The van der Waals surface area contributed by atoms with Crippen molar-refractivity contribution in [1.82, 2.24) is 10.6 Å². The van der Waals surface area contributed by atoms with Crippen molar-refractivity contribution in [2.24, 2.45) is 5.92 Å². The van der Waals surface area contributed by atoms with Crippen LogP contribution in [0, 0.1) is 16.0 Å². The summed E-state index contributed by atoms with van der Waals surface area (Å²) in [6, 6.07) is 6.36. The van der Waals surface area contributed by atoms with Gasteiger partial charge in [-0.05, 0) is 31.8 Å². The quantitative estimate of drug-likeness (QED) is 0.605. The number of hydrogen-bond acceptors (Lipinski definition) is 4. The molecule has 1 saturated heterocycles. The summed E-state index contributed by atoms with van der Waals surface area (Å²) in [5.74, 6) is 0.464. The van der Waals surface area contributed by atoms with Gasteiger partial charge in [0, 0.05) is 18.2 Å². The van der Waals surface area contributed by atoms with E-state index in [1.54, 1.807) is 18.2 Å². The fourth-order valence-electron chi connectivity index (χ4n) is 2.45. The van der Waals surface area contributed by atoms with Gasteiger partial charge in [-0.15, -0.1) is 0 Å². The van der Waals surface area contributed by atoms with Gasteiger partial charge in [0.25, 0.3) is 5.69 Å². The van der Waals surface area contributed by atoms with Gasteiger partial charge in [0.15, 0.2) is 0 Å². The molecule has 2 rings (SSSR count). The van der Waals surface area contributed by atoms with Crippen molar-refractivity contribution >= 4 is 11.6 Å². The second-order valence-corrected chi connectivity index (χ2v) is 5.06. The largest absolute Gasteiger partial charge is 0.356 e. The lowest BCUT2D eigenvalue weighted by Crippen LogP contribution is -2.28. The number of carbonyl (C=O) groups is 1. The predicted octanol–water partition coefficient (Wildman–Crippen LogP) is 1.25. The SMILES string of the molecule is O=C(Cc1ccccc1[N+](=O)[O-])NCCC1CCNC1. The van der Waals surface area contributed by atoms with Crippen molar-refractivity contribution in [3.8, 4) is 0 Å². The molecule has 1 aliphatic heterocycles. The zero-order valence-corrected chi connectivity index (χ0v) is 11.3. The first kappa shape index (κ1) is 14.5. The number of amides is 1. The predicted molar refractivity (Wildman–Crippen MR) is 75.4 cm³/mol. The lowest BCUT2D eigenvalue weighted by atomic mass is 10.1. The number of carbonyl (C=O) groups excluding carboxylic acids is 1. The summed E-state index contributed by atoms with van der Waals surface area (Å²) in [6.07, 6.45) is 2.16. The van der Waals surface area contributed by atoms with Crippen LogP contribution in [0.1, 0.15) is 18.4 Å². The zero-order chi connectivity index (χ0) is 14.4. The molecule has 6 nitrogen and oxygen atoms in total. The summed E-state index contributed by atoms with van der Waals surface area (Å²) in [4.78, 5) is 22.2.